The number of unbranched alkanes of at least 4 members (excludes halogenated alkanes) is 30. The Hall–Kier alpha value is -1.73. The summed E-state index contributed by atoms with van der Waals surface area (Å²) in [6.45, 7) is 8.19. The molecule has 0 bridgehead atoms. The summed E-state index contributed by atoms with van der Waals surface area (Å²) in [5, 5.41) is 6.52. The van der Waals surface area contributed by atoms with Crippen LogP contribution in [0.25, 0.3) is 0 Å². The van der Waals surface area contributed by atoms with Crippen LogP contribution in [0, 0.1) is 5.92 Å². The molecule has 1 unspecified atom stereocenters. The van der Waals surface area contributed by atoms with Crippen molar-refractivity contribution in [2.45, 2.75) is 276 Å². The number of amides is 1. The minimum Gasteiger partial charge on any atom is -0.462 e. The molecular formula is C56H111N5O6S. The van der Waals surface area contributed by atoms with Crippen molar-refractivity contribution in [3.63, 3.8) is 0 Å². The molecule has 0 aromatic carbocycles. The fourth-order valence-corrected chi connectivity index (χ4v) is 9.67. The summed E-state index contributed by atoms with van der Waals surface area (Å²) >= 11 is 1.42. The number of Topliss-reactive ketones (excluding diaryl/α,β-unsaturated/α-hetero) is 1. The summed E-state index contributed by atoms with van der Waals surface area (Å²) in [4.78, 5) is 52.4. The van der Waals surface area contributed by atoms with Gasteiger partial charge in [0, 0.05) is 43.2 Å². The van der Waals surface area contributed by atoms with Gasteiger partial charge in [0.2, 0.25) is 5.91 Å². The lowest BCUT2D eigenvalue weighted by Crippen LogP contribution is -2.39. The van der Waals surface area contributed by atoms with E-state index in [9.17, 15) is 19.2 Å². The molecule has 0 rings (SSSR count). The Kier molecular flexibility index (Phi) is 51.7. The Morgan fingerprint density at radius 1 is 0.485 bits per heavy atom. The molecule has 12 heteroatoms. The summed E-state index contributed by atoms with van der Waals surface area (Å²) in [7, 11) is 0. The van der Waals surface area contributed by atoms with Crippen molar-refractivity contribution in [1.29, 1.82) is 0 Å². The molecular weight excluding hydrogens is 871 g/mol. The molecule has 3 atom stereocenters. The first-order valence-corrected chi connectivity index (χ1v) is 30.0. The largest absolute Gasteiger partial charge is 0.462 e. The number of carbonyl (C=O) groups excluding carboxylic acids is 4. The molecule has 0 aromatic rings. The number of ketones is 1. The zero-order chi connectivity index (χ0) is 49.8. The molecule has 0 saturated heterocycles. The van der Waals surface area contributed by atoms with Gasteiger partial charge in [-0.25, -0.2) is 0 Å². The highest BCUT2D eigenvalue weighted by Crippen LogP contribution is 2.19. The molecule has 0 fully saturated rings. The summed E-state index contributed by atoms with van der Waals surface area (Å²) in [6.07, 6.45) is 42.5. The lowest BCUT2D eigenvalue weighted by molar-refractivity contribution is -0.157. The first-order chi connectivity index (χ1) is 33.3. The van der Waals surface area contributed by atoms with E-state index in [1.54, 1.807) is 0 Å². The predicted octanol–water partition coefficient (Wildman–Crippen LogP) is 12.6. The lowest BCUT2D eigenvalue weighted by Gasteiger charge is -2.20. The third-order valence-corrected chi connectivity index (χ3v) is 14.4. The molecule has 0 radical (unpaired) electrons. The minimum absolute atomic E-state index is 0.00760. The van der Waals surface area contributed by atoms with Crippen molar-refractivity contribution < 1.29 is 28.7 Å². The average molecular weight is 983 g/mol. The van der Waals surface area contributed by atoms with Crippen LogP contribution in [0.5, 0.6) is 0 Å². The van der Waals surface area contributed by atoms with E-state index < -0.39 is 18.1 Å². The van der Waals surface area contributed by atoms with E-state index in [1.807, 2.05) is 0 Å². The number of esters is 2. The van der Waals surface area contributed by atoms with Crippen LogP contribution in [-0.2, 0) is 28.7 Å². The molecule has 0 aromatic heterocycles. The molecule has 1 amide bonds. The number of nitrogens with one attached hydrogen (secondary N) is 2. The third kappa shape index (κ3) is 46.6. The zero-order valence-electron chi connectivity index (χ0n) is 44.6. The van der Waals surface area contributed by atoms with Gasteiger partial charge in [-0.05, 0) is 71.1 Å². The number of hydrogen-bond acceptors (Lipinski definition) is 11. The highest BCUT2D eigenvalue weighted by Gasteiger charge is 2.25. The first-order valence-electron chi connectivity index (χ1n) is 28.9. The lowest BCUT2D eigenvalue weighted by atomic mass is 9.93. The second-order valence-electron chi connectivity index (χ2n) is 19.9. The summed E-state index contributed by atoms with van der Waals surface area (Å²) in [5.74, 6) is -0.587. The summed E-state index contributed by atoms with van der Waals surface area (Å²) < 4.78 is 11.5. The fourth-order valence-electron chi connectivity index (χ4n) is 8.66. The molecule has 8 N–H and O–H groups in total. The smallest absolute Gasteiger partial charge is 0.306 e. The van der Waals surface area contributed by atoms with Gasteiger partial charge in [-0.1, -0.05) is 200 Å². The number of ether oxygens (including phenoxy) is 2. The van der Waals surface area contributed by atoms with Crippen LogP contribution < -0.4 is 27.8 Å². The van der Waals surface area contributed by atoms with Crippen molar-refractivity contribution in [2.24, 2.45) is 23.1 Å². The standard InChI is InChI=1S/C56H111N5O6S/c1-3-5-7-9-11-13-15-17-19-21-23-27-31-39-54(63)66-47-51(67-55(64)40-32-28-24-22-20-18-16-14-12-10-8-6-4-2)48-68-49-52(59)53(62)46-50(38-33-35-42-58)56(65)61-45-37-44-60-43-36-30-26-25-29-34-41-57/h50-52,60H,3-49,57-59H2,1-2H3,(H,61,65)/t50-,51?,52+/m1/s1. The molecule has 0 aliphatic rings. The maximum absolute atomic E-state index is 13.4. The Balaban J connectivity index is 4.86. The van der Waals surface area contributed by atoms with Crippen molar-refractivity contribution >= 4 is 35.4 Å². The first kappa shape index (κ1) is 66.3. The Morgan fingerprint density at radius 2 is 0.912 bits per heavy atom. The van der Waals surface area contributed by atoms with Crippen LogP contribution in [-0.4, -0.2) is 86.6 Å². The molecule has 0 aliphatic carbocycles. The van der Waals surface area contributed by atoms with Gasteiger partial charge in [-0.2, -0.15) is 11.8 Å². The average Bonchev–Trinajstić information content (AvgIpc) is 3.33. The Labute approximate surface area is 423 Å². The van der Waals surface area contributed by atoms with Crippen LogP contribution in [0.3, 0.4) is 0 Å². The number of thioether (sulfide) groups is 1. The van der Waals surface area contributed by atoms with Crippen molar-refractivity contribution in [2.75, 3.05) is 50.8 Å². The summed E-state index contributed by atoms with van der Waals surface area (Å²) in [6, 6.07) is -0.769. The molecule has 68 heavy (non-hydrogen) atoms. The van der Waals surface area contributed by atoms with Crippen LogP contribution in [0.2, 0.25) is 0 Å². The van der Waals surface area contributed by atoms with Gasteiger partial charge in [-0.3, -0.25) is 19.2 Å². The van der Waals surface area contributed by atoms with E-state index in [2.05, 4.69) is 24.5 Å². The van der Waals surface area contributed by atoms with E-state index in [0.29, 0.717) is 43.9 Å². The second-order valence-corrected chi connectivity index (χ2v) is 21.0. The van der Waals surface area contributed by atoms with E-state index in [4.69, 9.17) is 26.7 Å². The highest BCUT2D eigenvalue weighted by atomic mass is 32.2. The van der Waals surface area contributed by atoms with Gasteiger partial charge in [0.05, 0.1) is 6.04 Å². The normalized spacial score (nSPS) is 12.8. The van der Waals surface area contributed by atoms with Gasteiger partial charge in [0.1, 0.15) is 12.7 Å². The Bertz CT molecular complexity index is 1140. The zero-order valence-corrected chi connectivity index (χ0v) is 45.4. The number of carbonyl (C=O) groups is 4. The highest BCUT2D eigenvalue weighted by molar-refractivity contribution is 7.99. The Morgan fingerprint density at radius 3 is 1.41 bits per heavy atom. The minimum atomic E-state index is -0.769. The van der Waals surface area contributed by atoms with Gasteiger partial charge >= 0.3 is 11.9 Å². The molecule has 0 heterocycles. The maximum Gasteiger partial charge on any atom is 0.306 e. The van der Waals surface area contributed by atoms with E-state index in [0.717, 1.165) is 90.3 Å². The third-order valence-electron chi connectivity index (χ3n) is 13.2. The number of rotatable bonds is 55. The van der Waals surface area contributed by atoms with Crippen molar-refractivity contribution in [3.8, 4) is 0 Å². The second kappa shape index (κ2) is 53.1. The predicted molar refractivity (Wildman–Crippen MR) is 290 cm³/mol. The molecule has 402 valence electrons. The van der Waals surface area contributed by atoms with Crippen LogP contribution >= 0.6 is 11.8 Å². The summed E-state index contributed by atoms with van der Waals surface area (Å²) in [5.41, 5.74) is 17.7. The van der Waals surface area contributed by atoms with E-state index in [-0.39, 0.29) is 36.7 Å². The van der Waals surface area contributed by atoms with Crippen LogP contribution in [0.1, 0.15) is 264 Å². The maximum atomic E-state index is 13.4. The van der Waals surface area contributed by atoms with Gasteiger partial charge in [0.15, 0.2) is 5.78 Å². The van der Waals surface area contributed by atoms with E-state index >= 15 is 0 Å². The van der Waals surface area contributed by atoms with Gasteiger partial charge in [-0.15, -0.1) is 0 Å². The molecule has 0 saturated carbocycles. The number of hydrogen-bond donors (Lipinski definition) is 5. The van der Waals surface area contributed by atoms with Crippen LogP contribution in [0.15, 0.2) is 0 Å². The molecule has 0 spiro atoms. The fraction of sp³-hybridized carbons (Fsp3) is 0.929. The van der Waals surface area contributed by atoms with Gasteiger partial charge in [0.25, 0.3) is 0 Å². The molecule has 0 aliphatic heterocycles. The van der Waals surface area contributed by atoms with Crippen LogP contribution in [0.4, 0.5) is 0 Å². The molecule has 11 nitrogen and oxygen atoms in total. The topological polar surface area (TPSA) is 189 Å². The SMILES string of the molecule is CCCCCCCCCCCCCCCC(=O)OCC(CSC[C@H](N)C(=O)C[C@@H](CCCCN)C(=O)NCCCNCCCCCCCCN)OC(=O)CCCCCCCCCCCCCCC. The monoisotopic (exact) mass is 982 g/mol. The van der Waals surface area contributed by atoms with E-state index in [1.165, 1.54) is 166 Å². The van der Waals surface area contributed by atoms with Crippen molar-refractivity contribution in [1.82, 2.24) is 10.6 Å². The number of nitrogens with two attached hydrogens (primary N) is 3. The van der Waals surface area contributed by atoms with Gasteiger partial charge < -0.3 is 37.3 Å². The van der Waals surface area contributed by atoms with Crippen molar-refractivity contribution in [3.05, 3.63) is 0 Å². The quantitative estimate of drug-likeness (QED) is 0.0288.